The molecule has 1 heterocycles. The van der Waals surface area contributed by atoms with Crippen LogP contribution in [-0.4, -0.2) is 42.9 Å². The SMILES string of the molecule is CC(CS)CN1CCOCC1=O. The summed E-state index contributed by atoms with van der Waals surface area (Å²) >= 11 is 4.18. The molecular weight excluding hydrogens is 174 g/mol. The Morgan fingerprint density at radius 1 is 1.75 bits per heavy atom. The van der Waals surface area contributed by atoms with Crippen LogP contribution in [0.25, 0.3) is 0 Å². The number of thiol groups is 1. The molecule has 1 unspecified atom stereocenters. The average molecular weight is 189 g/mol. The van der Waals surface area contributed by atoms with Gasteiger partial charge in [0.15, 0.2) is 0 Å². The molecule has 0 bridgehead atoms. The van der Waals surface area contributed by atoms with Gasteiger partial charge in [0.1, 0.15) is 6.61 Å². The number of carbonyl (C=O) groups excluding carboxylic acids is 1. The van der Waals surface area contributed by atoms with E-state index in [-0.39, 0.29) is 12.5 Å². The highest BCUT2D eigenvalue weighted by Gasteiger charge is 2.19. The van der Waals surface area contributed by atoms with Gasteiger partial charge in [-0.15, -0.1) is 0 Å². The Balaban J connectivity index is 2.34. The number of ether oxygens (including phenoxy) is 1. The Morgan fingerprint density at radius 3 is 3.08 bits per heavy atom. The van der Waals surface area contributed by atoms with Crippen LogP contribution in [0.3, 0.4) is 0 Å². The van der Waals surface area contributed by atoms with Crippen molar-refractivity contribution >= 4 is 18.5 Å². The molecule has 12 heavy (non-hydrogen) atoms. The van der Waals surface area contributed by atoms with Crippen molar-refractivity contribution in [2.24, 2.45) is 5.92 Å². The van der Waals surface area contributed by atoms with Crippen molar-refractivity contribution in [2.75, 3.05) is 32.1 Å². The fourth-order valence-electron chi connectivity index (χ4n) is 1.18. The summed E-state index contributed by atoms with van der Waals surface area (Å²) < 4.78 is 5.02. The molecule has 1 aliphatic rings. The highest BCUT2D eigenvalue weighted by atomic mass is 32.1. The molecule has 0 aromatic rings. The highest BCUT2D eigenvalue weighted by molar-refractivity contribution is 7.80. The van der Waals surface area contributed by atoms with Gasteiger partial charge in [-0.3, -0.25) is 4.79 Å². The maximum atomic E-state index is 11.2. The third-order valence-corrected chi connectivity index (χ3v) is 2.55. The number of carbonyl (C=O) groups is 1. The molecule has 0 aromatic carbocycles. The van der Waals surface area contributed by atoms with Crippen LogP contribution in [0.4, 0.5) is 0 Å². The van der Waals surface area contributed by atoms with Gasteiger partial charge >= 0.3 is 0 Å². The first-order valence-electron chi connectivity index (χ1n) is 4.20. The summed E-state index contributed by atoms with van der Waals surface area (Å²) in [6, 6.07) is 0. The summed E-state index contributed by atoms with van der Waals surface area (Å²) in [5, 5.41) is 0. The van der Waals surface area contributed by atoms with Crippen LogP contribution in [-0.2, 0) is 9.53 Å². The molecule has 0 aliphatic carbocycles. The van der Waals surface area contributed by atoms with Crippen LogP contribution in [0.15, 0.2) is 0 Å². The summed E-state index contributed by atoms with van der Waals surface area (Å²) in [4.78, 5) is 13.1. The predicted molar refractivity (Wildman–Crippen MR) is 50.4 cm³/mol. The van der Waals surface area contributed by atoms with Crippen LogP contribution < -0.4 is 0 Å². The van der Waals surface area contributed by atoms with Crippen LogP contribution in [0.5, 0.6) is 0 Å². The minimum Gasteiger partial charge on any atom is -0.370 e. The van der Waals surface area contributed by atoms with Gasteiger partial charge in [-0.25, -0.2) is 0 Å². The average Bonchev–Trinajstić information content (AvgIpc) is 2.09. The Morgan fingerprint density at radius 2 is 2.50 bits per heavy atom. The van der Waals surface area contributed by atoms with E-state index < -0.39 is 0 Å². The quantitative estimate of drug-likeness (QED) is 0.652. The predicted octanol–water partition coefficient (Wildman–Crippen LogP) is 0.411. The van der Waals surface area contributed by atoms with E-state index in [0.717, 1.165) is 18.8 Å². The van der Waals surface area contributed by atoms with Crippen LogP contribution in [0, 0.1) is 5.92 Å². The van der Waals surface area contributed by atoms with E-state index in [0.29, 0.717) is 12.5 Å². The largest absolute Gasteiger partial charge is 0.370 e. The first kappa shape index (κ1) is 9.86. The molecule has 1 atom stereocenters. The van der Waals surface area contributed by atoms with Crippen molar-refractivity contribution in [2.45, 2.75) is 6.92 Å². The Hall–Kier alpha value is -0.220. The zero-order valence-electron chi connectivity index (χ0n) is 7.32. The standard InChI is InChI=1S/C8H15NO2S/c1-7(6-12)4-9-2-3-11-5-8(9)10/h7,12H,2-6H2,1H3. The molecule has 1 rings (SSSR count). The summed E-state index contributed by atoms with van der Waals surface area (Å²) in [5.74, 6) is 1.40. The van der Waals surface area contributed by atoms with Gasteiger partial charge in [0.05, 0.1) is 6.61 Å². The van der Waals surface area contributed by atoms with Gasteiger partial charge in [0.2, 0.25) is 5.91 Å². The van der Waals surface area contributed by atoms with Crippen molar-refractivity contribution in [3.8, 4) is 0 Å². The lowest BCUT2D eigenvalue weighted by atomic mass is 10.2. The number of rotatable bonds is 3. The summed E-state index contributed by atoms with van der Waals surface area (Å²) in [6.07, 6.45) is 0. The maximum absolute atomic E-state index is 11.2. The second-order valence-electron chi connectivity index (χ2n) is 3.18. The Kier molecular flexibility index (Phi) is 3.88. The summed E-state index contributed by atoms with van der Waals surface area (Å²) in [7, 11) is 0. The minimum absolute atomic E-state index is 0.106. The number of hydrogen-bond acceptors (Lipinski definition) is 3. The molecule has 1 aliphatic heterocycles. The second kappa shape index (κ2) is 4.72. The van der Waals surface area contributed by atoms with E-state index in [1.165, 1.54) is 0 Å². The van der Waals surface area contributed by atoms with E-state index >= 15 is 0 Å². The minimum atomic E-state index is 0.106. The molecule has 0 N–H and O–H groups in total. The first-order valence-corrected chi connectivity index (χ1v) is 4.83. The Bertz CT molecular complexity index is 163. The molecule has 4 heteroatoms. The summed E-state index contributed by atoms with van der Waals surface area (Å²) in [5.41, 5.74) is 0. The van der Waals surface area contributed by atoms with E-state index in [1.54, 1.807) is 0 Å². The van der Waals surface area contributed by atoms with Crippen molar-refractivity contribution < 1.29 is 9.53 Å². The lowest BCUT2D eigenvalue weighted by Crippen LogP contribution is -2.43. The lowest BCUT2D eigenvalue weighted by molar-refractivity contribution is -0.143. The van der Waals surface area contributed by atoms with Crippen molar-refractivity contribution in [1.82, 2.24) is 4.90 Å². The molecule has 3 nitrogen and oxygen atoms in total. The molecule has 1 amide bonds. The van der Waals surface area contributed by atoms with E-state index in [2.05, 4.69) is 19.6 Å². The van der Waals surface area contributed by atoms with E-state index in [9.17, 15) is 4.79 Å². The van der Waals surface area contributed by atoms with E-state index in [1.807, 2.05) is 4.90 Å². The van der Waals surface area contributed by atoms with Gasteiger partial charge in [0, 0.05) is 13.1 Å². The van der Waals surface area contributed by atoms with Gasteiger partial charge in [-0.05, 0) is 11.7 Å². The first-order chi connectivity index (χ1) is 5.74. The molecule has 0 spiro atoms. The monoisotopic (exact) mass is 189 g/mol. The highest BCUT2D eigenvalue weighted by Crippen LogP contribution is 2.05. The number of morpholine rings is 1. The molecule has 1 saturated heterocycles. The van der Waals surface area contributed by atoms with Gasteiger partial charge in [0.25, 0.3) is 0 Å². The van der Waals surface area contributed by atoms with Crippen LogP contribution in [0.1, 0.15) is 6.92 Å². The van der Waals surface area contributed by atoms with Crippen molar-refractivity contribution in [3.63, 3.8) is 0 Å². The molecule has 0 aromatic heterocycles. The fraction of sp³-hybridized carbons (Fsp3) is 0.875. The smallest absolute Gasteiger partial charge is 0.248 e. The topological polar surface area (TPSA) is 29.5 Å². The molecule has 1 fully saturated rings. The number of hydrogen-bond donors (Lipinski definition) is 1. The maximum Gasteiger partial charge on any atom is 0.248 e. The van der Waals surface area contributed by atoms with Crippen molar-refractivity contribution in [3.05, 3.63) is 0 Å². The second-order valence-corrected chi connectivity index (χ2v) is 3.55. The molecule has 0 radical (unpaired) electrons. The third-order valence-electron chi connectivity index (χ3n) is 1.93. The van der Waals surface area contributed by atoms with Gasteiger partial charge in [-0.2, -0.15) is 12.6 Å². The number of nitrogens with zero attached hydrogens (tertiary/aromatic N) is 1. The molecule has 0 saturated carbocycles. The van der Waals surface area contributed by atoms with Crippen molar-refractivity contribution in [1.29, 1.82) is 0 Å². The lowest BCUT2D eigenvalue weighted by Gasteiger charge is -2.28. The third kappa shape index (κ3) is 2.68. The van der Waals surface area contributed by atoms with Crippen LogP contribution in [0.2, 0.25) is 0 Å². The Labute approximate surface area is 78.5 Å². The summed E-state index contributed by atoms with van der Waals surface area (Å²) in [6.45, 7) is 4.56. The van der Waals surface area contributed by atoms with Crippen LogP contribution >= 0.6 is 12.6 Å². The van der Waals surface area contributed by atoms with E-state index in [4.69, 9.17) is 4.74 Å². The zero-order valence-corrected chi connectivity index (χ0v) is 8.22. The molecular formula is C8H15NO2S. The normalized spacial score (nSPS) is 21.2. The van der Waals surface area contributed by atoms with Gasteiger partial charge in [-0.1, -0.05) is 6.92 Å². The zero-order chi connectivity index (χ0) is 8.97. The number of amides is 1. The fourth-order valence-corrected chi connectivity index (χ4v) is 1.29. The molecule has 70 valence electrons. The van der Waals surface area contributed by atoms with Gasteiger partial charge < -0.3 is 9.64 Å².